The van der Waals surface area contributed by atoms with Gasteiger partial charge in [0.2, 0.25) is 0 Å². The molecule has 1 heterocycles. The largest absolute Gasteiger partial charge is 0.345 e. The normalized spacial score (nSPS) is 10.5. The molecule has 0 aliphatic carbocycles. The van der Waals surface area contributed by atoms with Gasteiger partial charge in [0.25, 0.3) is 0 Å². The number of aromatic amines is 1. The zero-order valence-corrected chi connectivity index (χ0v) is 7.89. The summed E-state index contributed by atoms with van der Waals surface area (Å²) in [6.07, 6.45) is 3.58. The number of nitrogens with one attached hydrogen (secondary N) is 1. The van der Waals surface area contributed by atoms with Crippen molar-refractivity contribution in [3.63, 3.8) is 0 Å². The van der Waals surface area contributed by atoms with Crippen LogP contribution in [0, 0.1) is 0 Å². The summed E-state index contributed by atoms with van der Waals surface area (Å²) in [5, 5.41) is 0.956. The van der Waals surface area contributed by atoms with E-state index < -0.39 is 0 Å². The summed E-state index contributed by atoms with van der Waals surface area (Å²) >= 11 is 1.65. The Balaban J connectivity index is 2.75. The second-order valence-corrected chi connectivity index (χ2v) is 3.52. The van der Waals surface area contributed by atoms with Crippen molar-refractivity contribution in [3.8, 4) is 0 Å². The molecule has 0 aliphatic heterocycles. The predicted octanol–water partition coefficient (Wildman–Crippen LogP) is 1.64. The van der Waals surface area contributed by atoms with E-state index in [4.69, 9.17) is 0 Å². The average Bonchev–Trinajstić information content (AvgIpc) is 2.16. The number of fused-ring (bicyclic) bond motifs is 1. The lowest BCUT2D eigenvalue weighted by molar-refractivity contribution is 1.12. The maximum absolute atomic E-state index is 10.9. The molecule has 3 nitrogen and oxygen atoms in total. The maximum atomic E-state index is 10.9. The first-order chi connectivity index (χ1) is 6.29. The second kappa shape index (κ2) is 3.22. The molecule has 66 valence electrons. The third kappa shape index (κ3) is 1.58. The Hall–Kier alpha value is -1.29. The third-order valence-electron chi connectivity index (χ3n) is 1.82. The summed E-state index contributed by atoms with van der Waals surface area (Å²) in [7, 11) is 0. The molecule has 0 amide bonds. The number of thioether (sulfide) groups is 1. The molecule has 1 aromatic heterocycles. The van der Waals surface area contributed by atoms with E-state index in [1.807, 2.05) is 24.5 Å². The lowest BCUT2D eigenvalue weighted by Gasteiger charge is -1.98. The van der Waals surface area contributed by atoms with Gasteiger partial charge in [-0.1, -0.05) is 6.07 Å². The van der Waals surface area contributed by atoms with Crippen molar-refractivity contribution in [2.45, 2.75) is 4.90 Å². The monoisotopic (exact) mass is 192 g/mol. The number of rotatable bonds is 1. The van der Waals surface area contributed by atoms with Crippen LogP contribution in [0.2, 0.25) is 0 Å². The van der Waals surface area contributed by atoms with E-state index in [9.17, 15) is 4.79 Å². The lowest BCUT2D eigenvalue weighted by atomic mass is 10.2. The van der Waals surface area contributed by atoms with Crippen LogP contribution < -0.4 is 5.69 Å². The lowest BCUT2D eigenvalue weighted by Crippen LogP contribution is -2.08. The summed E-state index contributed by atoms with van der Waals surface area (Å²) < 4.78 is 0. The van der Waals surface area contributed by atoms with Crippen LogP contribution in [0.25, 0.3) is 10.9 Å². The molecule has 0 aliphatic rings. The van der Waals surface area contributed by atoms with Crippen LogP contribution in [0.5, 0.6) is 0 Å². The smallest absolute Gasteiger partial charge is 0.305 e. The molecule has 0 saturated heterocycles. The van der Waals surface area contributed by atoms with Crippen molar-refractivity contribution in [1.82, 2.24) is 9.97 Å². The highest BCUT2D eigenvalue weighted by molar-refractivity contribution is 7.98. The van der Waals surface area contributed by atoms with Gasteiger partial charge in [-0.05, 0) is 18.4 Å². The molecule has 13 heavy (non-hydrogen) atoms. The fourth-order valence-corrected chi connectivity index (χ4v) is 1.60. The maximum Gasteiger partial charge on any atom is 0.345 e. The first kappa shape index (κ1) is 8.31. The Morgan fingerprint density at radius 3 is 3.08 bits per heavy atom. The summed E-state index contributed by atoms with van der Waals surface area (Å²) in [5.74, 6) is 0. The van der Waals surface area contributed by atoms with E-state index in [1.165, 1.54) is 0 Å². The first-order valence-corrected chi connectivity index (χ1v) is 5.05. The van der Waals surface area contributed by atoms with E-state index in [1.54, 1.807) is 18.0 Å². The number of hydrogen-bond acceptors (Lipinski definition) is 3. The van der Waals surface area contributed by atoms with Crippen LogP contribution in [0.15, 0.2) is 34.1 Å². The van der Waals surface area contributed by atoms with Gasteiger partial charge in [-0.2, -0.15) is 0 Å². The first-order valence-electron chi connectivity index (χ1n) is 3.83. The van der Waals surface area contributed by atoms with E-state index in [0.717, 1.165) is 15.8 Å². The quantitative estimate of drug-likeness (QED) is 0.699. The van der Waals surface area contributed by atoms with Crippen molar-refractivity contribution in [3.05, 3.63) is 34.9 Å². The van der Waals surface area contributed by atoms with Crippen LogP contribution in [-0.4, -0.2) is 16.2 Å². The summed E-state index contributed by atoms with van der Waals surface area (Å²) in [6.45, 7) is 0. The Bertz CT molecular complexity index is 492. The highest BCUT2D eigenvalue weighted by Gasteiger charge is 1.96. The van der Waals surface area contributed by atoms with Gasteiger partial charge in [0.15, 0.2) is 0 Å². The van der Waals surface area contributed by atoms with E-state index >= 15 is 0 Å². The molecular formula is C9H8N2OS. The predicted molar refractivity (Wildman–Crippen MR) is 54.1 cm³/mol. The van der Waals surface area contributed by atoms with Crippen molar-refractivity contribution in [1.29, 1.82) is 0 Å². The van der Waals surface area contributed by atoms with Gasteiger partial charge in [0.05, 0.1) is 5.52 Å². The number of aromatic nitrogens is 2. The fraction of sp³-hybridized carbons (Fsp3) is 0.111. The van der Waals surface area contributed by atoms with Crippen LogP contribution >= 0.6 is 11.8 Å². The molecule has 0 spiro atoms. The van der Waals surface area contributed by atoms with E-state index in [-0.39, 0.29) is 5.69 Å². The van der Waals surface area contributed by atoms with Gasteiger partial charge in [0.1, 0.15) is 0 Å². The van der Waals surface area contributed by atoms with Crippen molar-refractivity contribution < 1.29 is 0 Å². The molecule has 1 aromatic carbocycles. The van der Waals surface area contributed by atoms with Gasteiger partial charge in [-0.15, -0.1) is 11.8 Å². The molecular weight excluding hydrogens is 184 g/mol. The minimum absolute atomic E-state index is 0.300. The zero-order chi connectivity index (χ0) is 9.26. The van der Waals surface area contributed by atoms with Crippen molar-refractivity contribution >= 4 is 22.7 Å². The Morgan fingerprint density at radius 2 is 2.31 bits per heavy atom. The van der Waals surface area contributed by atoms with Crippen molar-refractivity contribution in [2.24, 2.45) is 0 Å². The van der Waals surface area contributed by atoms with Gasteiger partial charge >= 0.3 is 5.69 Å². The van der Waals surface area contributed by atoms with Gasteiger partial charge in [-0.25, -0.2) is 9.78 Å². The molecule has 0 fully saturated rings. The molecule has 1 N–H and O–H groups in total. The second-order valence-electron chi connectivity index (χ2n) is 2.64. The average molecular weight is 192 g/mol. The molecule has 0 bridgehead atoms. The Labute approximate surface area is 79.2 Å². The topological polar surface area (TPSA) is 45.8 Å². The fourth-order valence-electron chi connectivity index (χ4n) is 1.16. The van der Waals surface area contributed by atoms with Gasteiger partial charge < -0.3 is 4.98 Å². The highest BCUT2D eigenvalue weighted by atomic mass is 32.2. The van der Waals surface area contributed by atoms with E-state index in [2.05, 4.69) is 9.97 Å². The standard InChI is InChI=1S/C9H8N2OS/c1-13-7-3-2-6-5-10-9(12)11-8(6)4-7/h2-5H,1H3,(H,10,11,12). The molecule has 0 saturated carbocycles. The molecule has 0 atom stereocenters. The number of hydrogen-bond donors (Lipinski definition) is 1. The molecule has 2 rings (SSSR count). The molecule has 2 aromatic rings. The van der Waals surface area contributed by atoms with Gasteiger partial charge in [-0.3, -0.25) is 0 Å². The number of benzene rings is 1. The summed E-state index contributed by atoms with van der Waals surface area (Å²) in [6, 6.07) is 5.90. The molecule has 0 radical (unpaired) electrons. The molecule has 0 unspecified atom stereocenters. The van der Waals surface area contributed by atoms with E-state index in [0.29, 0.717) is 0 Å². The number of nitrogens with zero attached hydrogens (tertiary/aromatic N) is 1. The van der Waals surface area contributed by atoms with Crippen LogP contribution in [0.4, 0.5) is 0 Å². The zero-order valence-electron chi connectivity index (χ0n) is 7.07. The Morgan fingerprint density at radius 1 is 1.46 bits per heavy atom. The Kier molecular flexibility index (Phi) is 2.06. The summed E-state index contributed by atoms with van der Waals surface area (Å²) in [5.41, 5.74) is 0.539. The van der Waals surface area contributed by atoms with Crippen LogP contribution in [0.1, 0.15) is 0 Å². The van der Waals surface area contributed by atoms with Crippen LogP contribution in [0.3, 0.4) is 0 Å². The minimum Gasteiger partial charge on any atom is -0.305 e. The third-order valence-corrected chi connectivity index (χ3v) is 2.55. The summed E-state index contributed by atoms with van der Waals surface area (Å²) in [4.78, 5) is 18.4. The number of H-pyrrole nitrogens is 1. The minimum atomic E-state index is -0.300. The van der Waals surface area contributed by atoms with Gasteiger partial charge in [0, 0.05) is 16.5 Å². The molecule has 4 heteroatoms. The van der Waals surface area contributed by atoms with Crippen LogP contribution in [-0.2, 0) is 0 Å². The van der Waals surface area contributed by atoms with Crippen molar-refractivity contribution in [2.75, 3.05) is 6.26 Å². The highest BCUT2D eigenvalue weighted by Crippen LogP contribution is 2.18. The SMILES string of the molecule is CSc1ccc2cnc(=O)[nH]c2c1.